The fraction of sp³-hybridized carbons (Fsp3) is 0.188. The first-order valence-corrected chi connectivity index (χ1v) is 6.68. The van der Waals surface area contributed by atoms with Gasteiger partial charge in [0, 0.05) is 35.2 Å². The molecule has 1 aromatic heterocycles. The predicted octanol–water partition coefficient (Wildman–Crippen LogP) is 2.93. The van der Waals surface area contributed by atoms with Crippen LogP contribution in [0.1, 0.15) is 24.2 Å². The number of aromatic nitrogens is 1. The van der Waals surface area contributed by atoms with Crippen LogP contribution >= 0.6 is 0 Å². The summed E-state index contributed by atoms with van der Waals surface area (Å²) in [6, 6.07) is 10.2. The summed E-state index contributed by atoms with van der Waals surface area (Å²) in [5.41, 5.74) is 1.88. The number of nitrogens with zero attached hydrogens (tertiary/aromatic N) is 1. The highest BCUT2D eigenvalue weighted by atomic mass is 16.2. The molecule has 0 spiro atoms. The maximum absolute atomic E-state index is 12.0. The second-order valence-corrected chi connectivity index (χ2v) is 4.91. The molecule has 2 aromatic rings. The van der Waals surface area contributed by atoms with E-state index in [-0.39, 0.29) is 17.7 Å². The second-order valence-electron chi connectivity index (χ2n) is 4.91. The van der Waals surface area contributed by atoms with Gasteiger partial charge < -0.3 is 10.6 Å². The average molecular weight is 283 g/mol. The molecule has 2 N–H and O–H groups in total. The summed E-state index contributed by atoms with van der Waals surface area (Å²) in [7, 11) is 0. The van der Waals surface area contributed by atoms with Gasteiger partial charge in [-0.25, -0.2) is 0 Å². The fourth-order valence-electron chi connectivity index (χ4n) is 1.63. The molecular formula is C16H17N3O2. The molecule has 0 aliphatic rings. The van der Waals surface area contributed by atoms with Crippen molar-refractivity contribution in [3.63, 3.8) is 0 Å². The highest BCUT2D eigenvalue weighted by Crippen LogP contribution is 2.13. The Hall–Kier alpha value is -2.69. The topological polar surface area (TPSA) is 71.1 Å². The van der Waals surface area contributed by atoms with Crippen LogP contribution < -0.4 is 10.6 Å². The lowest BCUT2D eigenvalue weighted by molar-refractivity contribution is -0.118. The van der Waals surface area contributed by atoms with Gasteiger partial charge in [0.05, 0.1) is 0 Å². The summed E-state index contributed by atoms with van der Waals surface area (Å²) in [5, 5.41) is 5.55. The number of hydrogen-bond donors (Lipinski definition) is 2. The van der Waals surface area contributed by atoms with Crippen LogP contribution in [0.4, 0.5) is 11.4 Å². The lowest BCUT2D eigenvalue weighted by Gasteiger charge is -2.09. The van der Waals surface area contributed by atoms with Gasteiger partial charge >= 0.3 is 0 Å². The van der Waals surface area contributed by atoms with Crippen LogP contribution in [0.25, 0.3) is 0 Å². The first-order chi connectivity index (χ1) is 10.1. The quantitative estimate of drug-likeness (QED) is 0.906. The largest absolute Gasteiger partial charge is 0.326 e. The third-order valence-electron chi connectivity index (χ3n) is 2.88. The Bertz CT molecular complexity index is 622. The molecule has 0 bridgehead atoms. The summed E-state index contributed by atoms with van der Waals surface area (Å²) in [5.74, 6) is -0.341. The Morgan fingerprint density at radius 2 is 1.48 bits per heavy atom. The van der Waals surface area contributed by atoms with Gasteiger partial charge in [-0.3, -0.25) is 14.6 Å². The summed E-state index contributed by atoms with van der Waals surface area (Å²) in [6.45, 7) is 3.65. The van der Waals surface area contributed by atoms with E-state index in [0.29, 0.717) is 16.9 Å². The molecule has 0 saturated heterocycles. The van der Waals surface area contributed by atoms with E-state index in [1.165, 1.54) is 0 Å². The zero-order valence-electron chi connectivity index (χ0n) is 12.0. The van der Waals surface area contributed by atoms with Gasteiger partial charge in [0.1, 0.15) is 0 Å². The van der Waals surface area contributed by atoms with Crippen LogP contribution in [-0.4, -0.2) is 16.8 Å². The van der Waals surface area contributed by atoms with E-state index in [0.717, 1.165) is 0 Å². The van der Waals surface area contributed by atoms with E-state index in [1.807, 2.05) is 13.8 Å². The second kappa shape index (κ2) is 6.65. The average Bonchev–Trinajstić information content (AvgIpc) is 2.48. The van der Waals surface area contributed by atoms with Gasteiger partial charge in [-0.1, -0.05) is 13.8 Å². The molecule has 108 valence electrons. The highest BCUT2D eigenvalue weighted by molar-refractivity contribution is 6.04. The minimum atomic E-state index is -0.206. The van der Waals surface area contributed by atoms with Gasteiger partial charge in [-0.15, -0.1) is 0 Å². The first-order valence-electron chi connectivity index (χ1n) is 6.68. The summed E-state index contributed by atoms with van der Waals surface area (Å²) >= 11 is 0. The fourth-order valence-corrected chi connectivity index (χ4v) is 1.63. The zero-order valence-corrected chi connectivity index (χ0v) is 12.0. The number of pyridine rings is 1. The molecule has 0 aliphatic carbocycles. The number of nitrogens with one attached hydrogen (secondary N) is 2. The monoisotopic (exact) mass is 283 g/mol. The molecular weight excluding hydrogens is 266 g/mol. The van der Waals surface area contributed by atoms with Crippen molar-refractivity contribution >= 4 is 23.2 Å². The van der Waals surface area contributed by atoms with E-state index in [9.17, 15) is 9.59 Å². The zero-order chi connectivity index (χ0) is 15.2. The minimum Gasteiger partial charge on any atom is -0.326 e. The van der Waals surface area contributed by atoms with Gasteiger partial charge in [0.2, 0.25) is 5.91 Å². The molecule has 5 heteroatoms. The molecule has 5 nitrogen and oxygen atoms in total. The molecule has 0 fully saturated rings. The van der Waals surface area contributed by atoms with Crippen molar-refractivity contribution in [2.75, 3.05) is 10.6 Å². The molecule has 1 heterocycles. The summed E-state index contributed by atoms with van der Waals surface area (Å²) in [4.78, 5) is 27.5. The number of benzene rings is 1. The summed E-state index contributed by atoms with van der Waals surface area (Å²) < 4.78 is 0. The van der Waals surface area contributed by atoms with Crippen LogP contribution in [0.2, 0.25) is 0 Å². The Labute approximate surface area is 123 Å². The lowest BCUT2D eigenvalue weighted by atomic mass is 10.1. The van der Waals surface area contributed by atoms with E-state index >= 15 is 0 Å². The van der Waals surface area contributed by atoms with Crippen LogP contribution in [0.3, 0.4) is 0 Å². The van der Waals surface area contributed by atoms with E-state index in [4.69, 9.17) is 0 Å². The predicted molar refractivity (Wildman–Crippen MR) is 82.1 cm³/mol. The van der Waals surface area contributed by atoms with Crippen molar-refractivity contribution in [3.05, 3.63) is 54.4 Å². The Kier molecular flexibility index (Phi) is 4.66. The first kappa shape index (κ1) is 14.7. The van der Waals surface area contributed by atoms with Crippen LogP contribution in [-0.2, 0) is 4.79 Å². The highest BCUT2D eigenvalue weighted by Gasteiger charge is 2.09. The Morgan fingerprint density at radius 3 is 2.05 bits per heavy atom. The van der Waals surface area contributed by atoms with Crippen LogP contribution in [0.15, 0.2) is 48.8 Å². The Morgan fingerprint density at radius 1 is 0.905 bits per heavy atom. The molecule has 0 atom stereocenters. The van der Waals surface area contributed by atoms with Gasteiger partial charge in [0.25, 0.3) is 5.91 Å². The van der Waals surface area contributed by atoms with Crippen molar-refractivity contribution < 1.29 is 9.59 Å². The number of amides is 2. The molecule has 0 aliphatic heterocycles. The van der Waals surface area contributed by atoms with Crippen molar-refractivity contribution in [2.45, 2.75) is 13.8 Å². The Balaban J connectivity index is 2.01. The smallest absolute Gasteiger partial charge is 0.255 e. The molecule has 1 aromatic carbocycles. The number of carbonyl (C=O) groups excluding carboxylic acids is 2. The van der Waals surface area contributed by atoms with Crippen LogP contribution in [0.5, 0.6) is 0 Å². The molecule has 0 unspecified atom stereocenters. The van der Waals surface area contributed by atoms with Gasteiger partial charge in [-0.05, 0) is 36.4 Å². The van der Waals surface area contributed by atoms with Crippen molar-refractivity contribution in [1.29, 1.82) is 0 Å². The van der Waals surface area contributed by atoms with Crippen molar-refractivity contribution in [1.82, 2.24) is 4.98 Å². The summed E-state index contributed by atoms with van der Waals surface area (Å²) in [6.07, 6.45) is 3.22. The van der Waals surface area contributed by atoms with Gasteiger partial charge in [-0.2, -0.15) is 0 Å². The lowest BCUT2D eigenvalue weighted by Crippen LogP contribution is -2.18. The third-order valence-corrected chi connectivity index (χ3v) is 2.88. The molecule has 0 radical (unpaired) electrons. The van der Waals surface area contributed by atoms with Crippen molar-refractivity contribution in [3.8, 4) is 0 Å². The van der Waals surface area contributed by atoms with Crippen LogP contribution in [0, 0.1) is 5.92 Å². The van der Waals surface area contributed by atoms with Crippen molar-refractivity contribution in [2.24, 2.45) is 5.92 Å². The number of anilines is 2. The third kappa shape index (κ3) is 4.14. The van der Waals surface area contributed by atoms with E-state index < -0.39 is 0 Å². The molecule has 0 saturated carbocycles. The van der Waals surface area contributed by atoms with Gasteiger partial charge in [0.15, 0.2) is 0 Å². The number of rotatable bonds is 4. The maximum Gasteiger partial charge on any atom is 0.255 e. The van der Waals surface area contributed by atoms with E-state index in [2.05, 4.69) is 15.6 Å². The normalized spacial score (nSPS) is 10.2. The molecule has 21 heavy (non-hydrogen) atoms. The number of hydrogen-bond acceptors (Lipinski definition) is 3. The SMILES string of the molecule is CC(C)C(=O)Nc1ccc(C(=O)Nc2ccncc2)cc1. The number of carbonyl (C=O) groups is 2. The molecule has 2 amide bonds. The minimum absolute atomic E-state index is 0.0519. The van der Waals surface area contributed by atoms with E-state index in [1.54, 1.807) is 48.8 Å². The molecule has 2 rings (SSSR count). The standard InChI is InChI=1S/C16H17N3O2/c1-11(2)15(20)18-13-5-3-12(4-6-13)16(21)19-14-7-9-17-10-8-14/h3-11H,1-2H3,(H,18,20)(H,17,19,21). The maximum atomic E-state index is 12.0.